The lowest BCUT2D eigenvalue weighted by Crippen LogP contribution is -2.13. The van der Waals surface area contributed by atoms with Gasteiger partial charge in [-0.2, -0.15) is 0 Å². The Balaban J connectivity index is 1.97. The van der Waals surface area contributed by atoms with Gasteiger partial charge in [-0.1, -0.05) is 31.5 Å². The van der Waals surface area contributed by atoms with Gasteiger partial charge in [0.2, 0.25) is 5.91 Å². The molecule has 2 aromatic carbocycles. The predicted octanol–water partition coefficient (Wildman–Crippen LogP) is 4.38. The van der Waals surface area contributed by atoms with E-state index < -0.39 is 0 Å². The zero-order valence-electron chi connectivity index (χ0n) is 13.6. The van der Waals surface area contributed by atoms with E-state index >= 15 is 0 Å². The molecule has 0 radical (unpaired) electrons. The zero-order valence-corrected chi connectivity index (χ0v) is 13.6. The summed E-state index contributed by atoms with van der Waals surface area (Å²) in [5.41, 5.74) is 3.08. The average Bonchev–Trinajstić information content (AvgIpc) is 2.55. The molecule has 0 unspecified atom stereocenters. The maximum absolute atomic E-state index is 12.2. The number of nitrogens with one attached hydrogen (secondary N) is 2. The molecule has 0 atom stereocenters. The van der Waals surface area contributed by atoms with Crippen LogP contribution < -0.4 is 10.6 Å². The number of para-hydroxylation sites is 1. The van der Waals surface area contributed by atoms with Crippen LogP contribution in [0.5, 0.6) is 0 Å². The zero-order chi connectivity index (χ0) is 16.7. The Hall–Kier alpha value is -2.62. The van der Waals surface area contributed by atoms with Crippen molar-refractivity contribution in [1.29, 1.82) is 0 Å². The van der Waals surface area contributed by atoms with Crippen molar-refractivity contribution in [1.82, 2.24) is 0 Å². The number of hydrogen-bond donors (Lipinski definition) is 2. The normalized spacial score (nSPS) is 10.2. The first-order valence-electron chi connectivity index (χ1n) is 7.87. The van der Waals surface area contributed by atoms with E-state index in [-0.39, 0.29) is 11.8 Å². The second-order valence-corrected chi connectivity index (χ2v) is 5.50. The fraction of sp³-hybridized carbons (Fsp3) is 0.263. The van der Waals surface area contributed by atoms with Crippen LogP contribution in [0.15, 0.2) is 48.5 Å². The van der Waals surface area contributed by atoms with Crippen LogP contribution in [0.3, 0.4) is 0 Å². The van der Waals surface area contributed by atoms with Gasteiger partial charge < -0.3 is 10.6 Å². The summed E-state index contributed by atoms with van der Waals surface area (Å²) in [5, 5.41) is 5.72. The summed E-state index contributed by atoms with van der Waals surface area (Å²) >= 11 is 0. The van der Waals surface area contributed by atoms with E-state index in [1.165, 1.54) is 0 Å². The van der Waals surface area contributed by atoms with Crippen molar-refractivity contribution in [3.63, 3.8) is 0 Å². The number of amides is 2. The Morgan fingerprint density at radius 1 is 0.957 bits per heavy atom. The highest BCUT2D eigenvalue weighted by Crippen LogP contribution is 2.16. The molecule has 0 aliphatic heterocycles. The van der Waals surface area contributed by atoms with E-state index in [2.05, 4.69) is 17.6 Å². The minimum atomic E-state index is -0.164. The van der Waals surface area contributed by atoms with Crippen LogP contribution in [0, 0.1) is 6.92 Å². The molecular formula is C19H22N2O2. The first-order valence-corrected chi connectivity index (χ1v) is 7.87. The summed E-state index contributed by atoms with van der Waals surface area (Å²) in [5.74, 6) is -0.160. The van der Waals surface area contributed by atoms with E-state index in [9.17, 15) is 9.59 Å². The molecule has 2 N–H and O–H groups in total. The molecule has 4 nitrogen and oxygen atoms in total. The van der Waals surface area contributed by atoms with Crippen molar-refractivity contribution in [2.45, 2.75) is 33.1 Å². The second kappa shape index (κ2) is 8.13. The van der Waals surface area contributed by atoms with Crippen molar-refractivity contribution in [3.05, 3.63) is 59.7 Å². The predicted molar refractivity (Wildman–Crippen MR) is 93.7 cm³/mol. The lowest BCUT2D eigenvalue weighted by atomic mass is 10.1. The Bertz CT molecular complexity index is 678. The van der Waals surface area contributed by atoms with E-state index in [4.69, 9.17) is 0 Å². The molecule has 4 heteroatoms. The van der Waals surface area contributed by atoms with Crippen molar-refractivity contribution < 1.29 is 9.59 Å². The first kappa shape index (κ1) is 16.7. The molecule has 0 spiro atoms. The van der Waals surface area contributed by atoms with Crippen molar-refractivity contribution in [2.75, 3.05) is 10.6 Å². The van der Waals surface area contributed by atoms with Gasteiger partial charge in [-0.15, -0.1) is 0 Å². The Kier molecular flexibility index (Phi) is 5.92. The Morgan fingerprint density at radius 3 is 2.30 bits per heavy atom. The molecule has 0 saturated heterocycles. The third-order valence-corrected chi connectivity index (χ3v) is 3.58. The number of carbonyl (C=O) groups is 2. The molecule has 0 aliphatic rings. The van der Waals surface area contributed by atoms with Gasteiger partial charge in [0.25, 0.3) is 5.91 Å². The van der Waals surface area contributed by atoms with Crippen LogP contribution in [-0.2, 0) is 4.79 Å². The maximum Gasteiger partial charge on any atom is 0.255 e. The molecule has 2 aromatic rings. The lowest BCUT2D eigenvalue weighted by Gasteiger charge is -2.09. The van der Waals surface area contributed by atoms with E-state index in [1.807, 2.05) is 31.2 Å². The van der Waals surface area contributed by atoms with E-state index in [0.29, 0.717) is 17.7 Å². The lowest BCUT2D eigenvalue weighted by molar-refractivity contribution is -0.116. The molecule has 0 saturated carbocycles. The van der Waals surface area contributed by atoms with Crippen LogP contribution >= 0.6 is 0 Å². The van der Waals surface area contributed by atoms with Crippen molar-refractivity contribution >= 4 is 23.2 Å². The number of unbranched alkanes of at least 4 members (excludes halogenated alkanes) is 1. The standard InChI is InChI=1S/C19H22N2O2/c1-3-4-9-18(22)20-16-12-10-15(11-13-16)19(23)21-17-8-6-5-7-14(17)2/h5-8,10-13H,3-4,9H2,1-2H3,(H,20,22)(H,21,23). The number of carbonyl (C=O) groups excluding carboxylic acids is 2. The SMILES string of the molecule is CCCCC(=O)Nc1ccc(C(=O)Nc2ccccc2C)cc1. The first-order chi connectivity index (χ1) is 11.1. The average molecular weight is 310 g/mol. The number of anilines is 2. The maximum atomic E-state index is 12.2. The summed E-state index contributed by atoms with van der Waals surface area (Å²) in [6, 6.07) is 14.6. The molecular weight excluding hydrogens is 288 g/mol. The topological polar surface area (TPSA) is 58.2 Å². The second-order valence-electron chi connectivity index (χ2n) is 5.50. The highest BCUT2D eigenvalue weighted by Gasteiger charge is 2.08. The summed E-state index contributed by atoms with van der Waals surface area (Å²) < 4.78 is 0. The monoisotopic (exact) mass is 310 g/mol. The van der Waals surface area contributed by atoms with Gasteiger partial charge in [-0.25, -0.2) is 0 Å². The van der Waals surface area contributed by atoms with Crippen molar-refractivity contribution in [3.8, 4) is 0 Å². The van der Waals surface area contributed by atoms with Crippen LogP contribution in [0.4, 0.5) is 11.4 Å². The molecule has 0 aromatic heterocycles. The van der Waals surface area contributed by atoms with Gasteiger partial charge in [-0.3, -0.25) is 9.59 Å². The number of rotatable bonds is 6. The third-order valence-electron chi connectivity index (χ3n) is 3.58. The highest BCUT2D eigenvalue weighted by molar-refractivity contribution is 6.05. The summed E-state index contributed by atoms with van der Waals surface area (Å²) in [4.78, 5) is 23.9. The van der Waals surface area contributed by atoms with Gasteiger partial charge in [0.1, 0.15) is 0 Å². The number of benzene rings is 2. The van der Waals surface area contributed by atoms with E-state index in [0.717, 1.165) is 24.1 Å². The van der Waals surface area contributed by atoms with Crippen LogP contribution in [-0.4, -0.2) is 11.8 Å². The Labute approximate surface area is 136 Å². The smallest absolute Gasteiger partial charge is 0.255 e. The molecule has 0 heterocycles. The minimum Gasteiger partial charge on any atom is -0.326 e. The van der Waals surface area contributed by atoms with Gasteiger partial charge in [0.05, 0.1) is 0 Å². The summed E-state index contributed by atoms with van der Waals surface area (Å²) in [6.45, 7) is 4.00. The fourth-order valence-electron chi connectivity index (χ4n) is 2.17. The molecule has 2 amide bonds. The number of hydrogen-bond acceptors (Lipinski definition) is 2. The van der Waals surface area contributed by atoms with Gasteiger partial charge in [0.15, 0.2) is 0 Å². The van der Waals surface area contributed by atoms with Crippen LogP contribution in [0.1, 0.15) is 42.1 Å². The van der Waals surface area contributed by atoms with Crippen LogP contribution in [0.2, 0.25) is 0 Å². The molecule has 0 bridgehead atoms. The highest BCUT2D eigenvalue weighted by atomic mass is 16.2. The quantitative estimate of drug-likeness (QED) is 0.832. The van der Waals surface area contributed by atoms with Crippen LogP contribution in [0.25, 0.3) is 0 Å². The third kappa shape index (κ3) is 4.95. The molecule has 0 fully saturated rings. The molecule has 2 rings (SSSR count). The Morgan fingerprint density at radius 2 is 1.65 bits per heavy atom. The van der Waals surface area contributed by atoms with Gasteiger partial charge in [-0.05, 0) is 49.2 Å². The molecule has 23 heavy (non-hydrogen) atoms. The largest absolute Gasteiger partial charge is 0.326 e. The summed E-state index contributed by atoms with van der Waals surface area (Å²) in [6.07, 6.45) is 2.39. The molecule has 0 aliphatic carbocycles. The van der Waals surface area contributed by atoms with Gasteiger partial charge >= 0.3 is 0 Å². The van der Waals surface area contributed by atoms with Gasteiger partial charge in [0, 0.05) is 23.4 Å². The molecule has 120 valence electrons. The fourth-order valence-corrected chi connectivity index (χ4v) is 2.17. The summed E-state index contributed by atoms with van der Waals surface area (Å²) in [7, 11) is 0. The van der Waals surface area contributed by atoms with Crippen molar-refractivity contribution in [2.24, 2.45) is 0 Å². The minimum absolute atomic E-state index is 0.00367. The number of aryl methyl sites for hydroxylation is 1. The van der Waals surface area contributed by atoms with E-state index in [1.54, 1.807) is 24.3 Å².